The Bertz CT molecular complexity index is 419. The van der Waals surface area contributed by atoms with Crippen LogP contribution in [0.4, 0.5) is 0 Å². The first-order chi connectivity index (χ1) is 7.90. The number of thiophene rings is 1. The summed E-state index contributed by atoms with van der Waals surface area (Å²) < 4.78 is 5.67. The summed E-state index contributed by atoms with van der Waals surface area (Å²) >= 11 is 1.67. The Labute approximate surface area is 101 Å². The van der Waals surface area contributed by atoms with Crippen LogP contribution < -0.4 is 4.74 Å². The van der Waals surface area contributed by atoms with Crippen molar-refractivity contribution in [2.75, 3.05) is 6.61 Å². The average Bonchev–Trinajstić information content (AvgIpc) is 2.79. The Morgan fingerprint density at radius 1 is 1.12 bits per heavy atom. The third-order valence-electron chi connectivity index (χ3n) is 2.42. The van der Waals surface area contributed by atoms with Crippen molar-refractivity contribution in [1.82, 2.24) is 0 Å². The number of ether oxygens (including phenoxy) is 1. The summed E-state index contributed by atoms with van der Waals surface area (Å²) in [6.45, 7) is 3.00. The zero-order valence-electron chi connectivity index (χ0n) is 9.48. The van der Waals surface area contributed by atoms with Gasteiger partial charge in [-0.2, -0.15) is 0 Å². The zero-order valence-corrected chi connectivity index (χ0v) is 10.3. The van der Waals surface area contributed by atoms with E-state index in [1.165, 1.54) is 17.5 Å². The zero-order chi connectivity index (χ0) is 11.2. The second-order valence-electron chi connectivity index (χ2n) is 3.72. The van der Waals surface area contributed by atoms with Gasteiger partial charge in [-0.15, -0.1) is 11.3 Å². The van der Waals surface area contributed by atoms with Crippen LogP contribution in [0.3, 0.4) is 0 Å². The van der Waals surface area contributed by atoms with Gasteiger partial charge in [-0.3, -0.25) is 0 Å². The molecule has 0 aliphatic rings. The van der Waals surface area contributed by atoms with Gasteiger partial charge in [0.25, 0.3) is 0 Å². The van der Waals surface area contributed by atoms with E-state index in [2.05, 4.69) is 42.6 Å². The van der Waals surface area contributed by atoms with Gasteiger partial charge in [-0.05, 0) is 23.6 Å². The fourth-order valence-corrected chi connectivity index (χ4v) is 2.28. The van der Waals surface area contributed by atoms with Crippen LogP contribution >= 0.6 is 11.3 Å². The fourth-order valence-electron chi connectivity index (χ4n) is 1.49. The van der Waals surface area contributed by atoms with E-state index in [0.717, 1.165) is 18.1 Å². The highest BCUT2D eigenvalue weighted by molar-refractivity contribution is 7.12. The van der Waals surface area contributed by atoms with Gasteiger partial charge in [0.1, 0.15) is 0 Å². The van der Waals surface area contributed by atoms with Crippen LogP contribution in [0.1, 0.15) is 19.8 Å². The molecule has 0 radical (unpaired) electrons. The molecule has 0 bridgehead atoms. The normalized spacial score (nSPS) is 10.3. The van der Waals surface area contributed by atoms with Gasteiger partial charge in [0.2, 0.25) is 0 Å². The van der Waals surface area contributed by atoms with Crippen LogP contribution in [0.15, 0.2) is 41.8 Å². The minimum absolute atomic E-state index is 0.825. The lowest BCUT2D eigenvalue weighted by Gasteiger charge is -2.00. The third-order valence-corrected chi connectivity index (χ3v) is 3.26. The lowest BCUT2D eigenvalue weighted by molar-refractivity contribution is 0.318. The Morgan fingerprint density at radius 3 is 2.69 bits per heavy atom. The van der Waals surface area contributed by atoms with Crippen molar-refractivity contribution < 1.29 is 4.74 Å². The van der Waals surface area contributed by atoms with Gasteiger partial charge in [-0.1, -0.05) is 43.7 Å². The molecule has 0 unspecified atom stereocenters. The minimum atomic E-state index is 0.825. The standard InChI is InChI=1S/C14H16OS/c1-2-3-9-15-14-10-13(11-16-14)12-7-5-4-6-8-12/h4-8,10-11H,2-3,9H2,1H3. The molecule has 0 saturated heterocycles. The summed E-state index contributed by atoms with van der Waals surface area (Å²) in [5, 5.41) is 3.17. The third kappa shape index (κ3) is 2.86. The molecule has 0 spiro atoms. The van der Waals surface area contributed by atoms with E-state index in [1.54, 1.807) is 11.3 Å². The first kappa shape index (κ1) is 11.2. The van der Waals surface area contributed by atoms with Gasteiger partial charge in [0, 0.05) is 5.38 Å². The van der Waals surface area contributed by atoms with Crippen LogP contribution in [-0.4, -0.2) is 6.61 Å². The highest BCUT2D eigenvalue weighted by Crippen LogP contribution is 2.30. The van der Waals surface area contributed by atoms with Gasteiger partial charge in [0.15, 0.2) is 5.06 Å². The number of unbranched alkanes of at least 4 members (excludes halogenated alkanes) is 1. The molecule has 16 heavy (non-hydrogen) atoms. The predicted octanol–water partition coefficient (Wildman–Crippen LogP) is 4.59. The molecule has 0 N–H and O–H groups in total. The monoisotopic (exact) mass is 232 g/mol. The molecule has 2 heteroatoms. The Balaban J connectivity index is 2.02. The SMILES string of the molecule is CCCCOc1cc(-c2ccccc2)cs1. The number of hydrogen-bond donors (Lipinski definition) is 0. The van der Waals surface area contributed by atoms with Gasteiger partial charge >= 0.3 is 0 Å². The van der Waals surface area contributed by atoms with E-state index in [-0.39, 0.29) is 0 Å². The van der Waals surface area contributed by atoms with Crippen LogP contribution in [0.25, 0.3) is 11.1 Å². The number of rotatable bonds is 5. The molecule has 0 atom stereocenters. The molecule has 1 aromatic carbocycles. The van der Waals surface area contributed by atoms with E-state index in [9.17, 15) is 0 Å². The second-order valence-corrected chi connectivity index (χ2v) is 4.60. The van der Waals surface area contributed by atoms with E-state index >= 15 is 0 Å². The van der Waals surface area contributed by atoms with Crippen molar-refractivity contribution in [2.24, 2.45) is 0 Å². The first-order valence-electron chi connectivity index (χ1n) is 5.67. The van der Waals surface area contributed by atoms with Crippen LogP contribution in [0.5, 0.6) is 5.06 Å². The smallest absolute Gasteiger partial charge is 0.174 e. The number of benzene rings is 1. The first-order valence-corrected chi connectivity index (χ1v) is 6.55. The van der Waals surface area contributed by atoms with Crippen molar-refractivity contribution >= 4 is 11.3 Å². The highest BCUT2D eigenvalue weighted by atomic mass is 32.1. The van der Waals surface area contributed by atoms with E-state index in [0.29, 0.717) is 0 Å². The molecule has 84 valence electrons. The Hall–Kier alpha value is -1.28. The molecule has 0 fully saturated rings. The van der Waals surface area contributed by atoms with E-state index in [4.69, 9.17) is 4.74 Å². The maximum absolute atomic E-state index is 5.67. The lowest BCUT2D eigenvalue weighted by atomic mass is 10.1. The molecule has 1 aromatic heterocycles. The minimum Gasteiger partial charge on any atom is -0.484 e. The van der Waals surface area contributed by atoms with Crippen molar-refractivity contribution in [1.29, 1.82) is 0 Å². The molecular weight excluding hydrogens is 216 g/mol. The largest absolute Gasteiger partial charge is 0.484 e. The van der Waals surface area contributed by atoms with Crippen molar-refractivity contribution in [3.63, 3.8) is 0 Å². The predicted molar refractivity (Wildman–Crippen MR) is 70.2 cm³/mol. The average molecular weight is 232 g/mol. The molecule has 1 heterocycles. The van der Waals surface area contributed by atoms with Gasteiger partial charge in [-0.25, -0.2) is 0 Å². The van der Waals surface area contributed by atoms with Crippen LogP contribution in [0, 0.1) is 0 Å². The lowest BCUT2D eigenvalue weighted by Crippen LogP contribution is -1.93. The molecule has 1 nitrogen and oxygen atoms in total. The molecule has 2 aromatic rings. The summed E-state index contributed by atoms with van der Waals surface area (Å²) in [7, 11) is 0. The Kier molecular flexibility index (Phi) is 4.00. The summed E-state index contributed by atoms with van der Waals surface area (Å²) in [5.74, 6) is 0. The number of hydrogen-bond acceptors (Lipinski definition) is 2. The van der Waals surface area contributed by atoms with E-state index < -0.39 is 0 Å². The summed E-state index contributed by atoms with van der Waals surface area (Å²) in [6, 6.07) is 12.5. The van der Waals surface area contributed by atoms with Crippen molar-refractivity contribution in [3.8, 4) is 16.2 Å². The van der Waals surface area contributed by atoms with Gasteiger partial charge in [0.05, 0.1) is 6.61 Å². The summed E-state index contributed by atoms with van der Waals surface area (Å²) in [5.41, 5.74) is 2.50. The van der Waals surface area contributed by atoms with Crippen molar-refractivity contribution in [2.45, 2.75) is 19.8 Å². The maximum atomic E-state index is 5.67. The maximum Gasteiger partial charge on any atom is 0.174 e. The molecule has 0 saturated carbocycles. The van der Waals surface area contributed by atoms with Gasteiger partial charge < -0.3 is 4.74 Å². The Morgan fingerprint density at radius 2 is 1.94 bits per heavy atom. The molecule has 2 rings (SSSR count). The summed E-state index contributed by atoms with van der Waals surface area (Å²) in [4.78, 5) is 0. The molecule has 0 amide bonds. The molecule has 0 aliphatic carbocycles. The van der Waals surface area contributed by atoms with Crippen molar-refractivity contribution in [3.05, 3.63) is 41.8 Å². The van der Waals surface area contributed by atoms with Crippen LogP contribution in [-0.2, 0) is 0 Å². The van der Waals surface area contributed by atoms with E-state index in [1.807, 2.05) is 6.07 Å². The van der Waals surface area contributed by atoms with Crippen LogP contribution in [0.2, 0.25) is 0 Å². The molecule has 0 aliphatic heterocycles. The molecular formula is C14H16OS. The quantitative estimate of drug-likeness (QED) is 0.685. The topological polar surface area (TPSA) is 9.23 Å². The summed E-state index contributed by atoms with van der Waals surface area (Å²) in [6.07, 6.45) is 2.30. The highest BCUT2D eigenvalue weighted by Gasteiger charge is 2.02. The fraction of sp³-hybridized carbons (Fsp3) is 0.286. The second kappa shape index (κ2) is 5.71.